The average molecular weight is 320 g/mol. The Balaban J connectivity index is 1.98. The lowest BCUT2D eigenvalue weighted by Gasteiger charge is -2.28. The van der Waals surface area contributed by atoms with Crippen molar-refractivity contribution < 1.29 is 14.3 Å². The molecule has 0 bridgehead atoms. The Morgan fingerprint density at radius 2 is 2.17 bits per heavy atom. The van der Waals surface area contributed by atoms with Crippen molar-refractivity contribution in [3.63, 3.8) is 0 Å². The zero-order valence-electron chi connectivity index (χ0n) is 13.9. The molecular formula is C16H24N4O3. The number of nitrogens with zero attached hydrogens (tertiary/aromatic N) is 1. The summed E-state index contributed by atoms with van der Waals surface area (Å²) in [7, 11) is 1.60. The number of nitrogens with one attached hydrogen (secondary N) is 3. The number of hydrogen-bond acceptors (Lipinski definition) is 6. The highest BCUT2D eigenvalue weighted by molar-refractivity contribution is 5.81. The van der Waals surface area contributed by atoms with Crippen molar-refractivity contribution in [1.82, 2.24) is 16.1 Å². The Bertz CT molecular complexity index is 574. The molecule has 0 spiro atoms. The maximum atomic E-state index is 11.5. The molecule has 7 nitrogen and oxygen atoms in total. The monoisotopic (exact) mass is 320 g/mol. The van der Waals surface area contributed by atoms with Crippen LogP contribution >= 0.6 is 0 Å². The van der Waals surface area contributed by atoms with Crippen LogP contribution in [0.25, 0.3) is 0 Å². The van der Waals surface area contributed by atoms with Gasteiger partial charge in [-0.1, -0.05) is 0 Å². The summed E-state index contributed by atoms with van der Waals surface area (Å²) in [6.07, 6.45) is 1.84. The summed E-state index contributed by atoms with van der Waals surface area (Å²) in [6, 6.07) is 5.70. The lowest BCUT2D eigenvalue weighted by atomic mass is 10.2. The van der Waals surface area contributed by atoms with Gasteiger partial charge in [0.05, 0.1) is 19.4 Å². The topological polar surface area (TPSA) is 84.0 Å². The maximum absolute atomic E-state index is 11.5. The number of carbonyl (C=O) groups is 1. The summed E-state index contributed by atoms with van der Waals surface area (Å²) in [5.74, 6) is 1.35. The highest BCUT2D eigenvalue weighted by atomic mass is 16.5. The van der Waals surface area contributed by atoms with Gasteiger partial charge in [-0.15, -0.1) is 0 Å². The first-order valence-electron chi connectivity index (χ1n) is 7.66. The molecule has 2 unspecified atom stereocenters. The fraction of sp³-hybridized carbons (Fsp3) is 0.500. The first-order valence-corrected chi connectivity index (χ1v) is 7.66. The largest absolute Gasteiger partial charge is 0.493 e. The molecule has 126 valence electrons. The fourth-order valence-corrected chi connectivity index (χ4v) is 2.25. The van der Waals surface area contributed by atoms with E-state index in [4.69, 9.17) is 9.47 Å². The van der Waals surface area contributed by atoms with E-state index >= 15 is 0 Å². The lowest BCUT2D eigenvalue weighted by molar-refractivity contribution is -0.124. The van der Waals surface area contributed by atoms with Crippen molar-refractivity contribution in [2.75, 3.05) is 7.11 Å². The summed E-state index contributed by atoms with van der Waals surface area (Å²) in [4.78, 5) is 11.5. The van der Waals surface area contributed by atoms with Crippen LogP contribution in [-0.2, 0) is 4.79 Å². The van der Waals surface area contributed by atoms with Gasteiger partial charge in [0.2, 0.25) is 5.91 Å². The summed E-state index contributed by atoms with van der Waals surface area (Å²) >= 11 is 0. The predicted molar refractivity (Wildman–Crippen MR) is 88.6 cm³/mol. The molecule has 0 aliphatic carbocycles. The van der Waals surface area contributed by atoms with Gasteiger partial charge in [0.15, 0.2) is 17.8 Å². The van der Waals surface area contributed by atoms with Gasteiger partial charge in [-0.2, -0.15) is 5.10 Å². The van der Waals surface area contributed by atoms with Crippen molar-refractivity contribution >= 4 is 12.1 Å². The van der Waals surface area contributed by atoms with Gasteiger partial charge in [-0.05, 0) is 44.5 Å². The van der Waals surface area contributed by atoms with Gasteiger partial charge < -0.3 is 14.8 Å². The highest BCUT2D eigenvalue weighted by Gasteiger charge is 2.21. The van der Waals surface area contributed by atoms with Crippen LogP contribution < -0.4 is 25.5 Å². The minimum Gasteiger partial charge on any atom is -0.493 e. The van der Waals surface area contributed by atoms with E-state index in [2.05, 4.69) is 21.2 Å². The smallest absolute Gasteiger partial charge is 0.224 e. The number of hydrogen-bond donors (Lipinski definition) is 3. The second-order valence-corrected chi connectivity index (χ2v) is 5.74. The minimum atomic E-state index is -0.368. The molecule has 0 saturated carbocycles. The molecule has 0 radical (unpaired) electrons. The van der Waals surface area contributed by atoms with Crippen molar-refractivity contribution in [2.45, 2.75) is 45.6 Å². The van der Waals surface area contributed by atoms with E-state index in [9.17, 15) is 4.79 Å². The van der Waals surface area contributed by atoms with Crippen molar-refractivity contribution in [1.29, 1.82) is 0 Å². The summed E-state index contributed by atoms with van der Waals surface area (Å²) in [6.45, 7) is 5.88. The Morgan fingerprint density at radius 1 is 1.39 bits per heavy atom. The molecule has 1 aliphatic heterocycles. The van der Waals surface area contributed by atoms with E-state index in [1.54, 1.807) is 13.3 Å². The second-order valence-electron chi connectivity index (χ2n) is 5.74. The van der Waals surface area contributed by atoms with E-state index in [1.165, 1.54) is 0 Å². The fourth-order valence-electron chi connectivity index (χ4n) is 2.25. The number of amides is 1. The molecule has 1 fully saturated rings. The van der Waals surface area contributed by atoms with E-state index < -0.39 is 0 Å². The van der Waals surface area contributed by atoms with Crippen LogP contribution in [0.3, 0.4) is 0 Å². The number of benzene rings is 1. The van der Waals surface area contributed by atoms with Crippen LogP contribution in [0.15, 0.2) is 23.3 Å². The second kappa shape index (κ2) is 7.82. The molecule has 2 rings (SSSR count). The van der Waals surface area contributed by atoms with E-state index in [1.807, 2.05) is 39.0 Å². The zero-order chi connectivity index (χ0) is 16.8. The number of rotatable bonds is 6. The Morgan fingerprint density at radius 3 is 2.83 bits per heavy atom. The minimum absolute atomic E-state index is 0.000747. The number of ether oxygens (including phenoxy) is 2. The van der Waals surface area contributed by atoms with Crippen molar-refractivity contribution in [3.8, 4) is 11.5 Å². The molecular weight excluding hydrogens is 296 g/mol. The van der Waals surface area contributed by atoms with Gasteiger partial charge in [0, 0.05) is 12.5 Å². The lowest BCUT2D eigenvalue weighted by Crippen LogP contribution is -2.60. The Kier molecular flexibility index (Phi) is 5.81. The third kappa shape index (κ3) is 5.14. The molecule has 2 atom stereocenters. The first-order chi connectivity index (χ1) is 11.0. The molecule has 0 aromatic heterocycles. The van der Waals surface area contributed by atoms with E-state index in [0.29, 0.717) is 17.9 Å². The summed E-state index contributed by atoms with van der Waals surface area (Å²) < 4.78 is 11.0. The normalized spacial score (nSPS) is 21.3. The predicted octanol–water partition coefficient (Wildman–Crippen LogP) is 1.19. The van der Waals surface area contributed by atoms with Crippen LogP contribution in [-0.4, -0.2) is 37.7 Å². The number of carbonyl (C=O) groups excluding carboxylic acids is 1. The van der Waals surface area contributed by atoms with Gasteiger partial charge in [-0.25, -0.2) is 0 Å². The first kappa shape index (κ1) is 17.1. The van der Waals surface area contributed by atoms with Crippen LogP contribution in [0.1, 0.15) is 32.8 Å². The molecule has 3 N–H and O–H groups in total. The number of hydrazone groups is 1. The molecule has 1 aliphatic rings. The number of methoxy groups -OCH3 is 1. The van der Waals surface area contributed by atoms with Gasteiger partial charge in [0.25, 0.3) is 0 Å². The van der Waals surface area contributed by atoms with Crippen molar-refractivity contribution in [3.05, 3.63) is 23.8 Å². The third-order valence-corrected chi connectivity index (χ3v) is 3.22. The maximum Gasteiger partial charge on any atom is 0.224 e. The highest BCUT2D eigenvalue weighted by Crippen LogP contribution is 2.28. The summed E-state index contributed by atoms with van der Waals surface area (Å²) in [5, 5.41) is 10.1. The van der Waals surface area contributed by atoms with Crippen LogP contribution in [0.4, 0.5) is 0 Å². The van der Waals surface area contributed by atoms with Crippen molar-refractivity contribution in [2.24, 2.45) is 5.10 Å². The summed E-state index contributed by atoms with van der Waals surface area (Å²) in [5.41, 5.74) is 3.73. The van der Waals surface area contributed by atoms with Gasteiger partial charge in [-0.3, -0.25) is 15.5 Å². The molecule has 1 aromatic rings. The molecule has 1 saturated heterocycles. The molecule has 1 aromatic carbocycles. The van der Waals surface area contributed by atoms with E-state index in [0.717, 1.165) is 5.56 Å². The zero-order valence-corrected chi connectivity index (χ0v) is 13.9. The van der Waals surface area contributed by atoms with Gasteiger partial charge in [0.1, 0.15) is 0 Å². The molecule has 1 amide bonds. The standard InChI is InChI=1S/C16H24N4O3/c1-10(2)23-13-6-5-12(8-14(13)22-4)9-17-20-16-18-11(3)7-15(21)19-16/h5-6,8-11,16,18,20H,7H2,1-4H3,(H,19,21)/b17-9+. The van der Waals surface area contributed by atoms with Crippen LogP contribution in [0.5, 0.6) is 11.5 Å². The average Bonchev–Trinajstić information content (AvgIpc) is 2.47. The third-order valence-electron chi connectivity index (χ3n) is 3.22. The Labute approximate surface area is 136 Å². The quantitative estimate of drug-likeness (QED) is 0.542. The molecule has 1 heterocycles. The molecule has 23 heavy (non-hydrogen) atoms. The van der Waals surface area contributed by atoms with E-state index in [-0.39, 0.29) is 24.3 Å². The van der Waals surface area contributed by atoms with Crippen LogP contribution in [0, 0.1) is 0 Å². The molecule has 7 heteroatoms. The van der Waals surface area contributed by atoms with Gasteiger partial charge >= 0.3 is 0 Å². The van der Waals surface area contributed by atoms with Crippen LogP contribution in [0.2, 0.25) is 0 Å². The Hall–Kier alpha value is -2.28. The SMILES string of the molecule is COc1cc(/C=N/NC2NC(=O)CC(C)N2)ccc1OC(C)C.